The van der Waals surface area contributed by atoms with Crippen molar-refractivity contribution in [2.24, 2.45) is 0 Å². The molecule has 2 aromatic carbocycles. The Kier molecular flexibility index (Phi) is 5.33. The quantitative estimate of drug-likeness (QED) is 0.921. The van der Waals surface area contributed by atoms with Gasteiger partial charge in [-0.3, -0.25) is 4.79 Å². The van der Waals surface area contributed by atoms with Gasteiger partial charge in [-0.2, -0.15) is 5.26 Å². The first-order valence-electron chi connectivity index (χ1n) is 6.29. The van der Waals surface area contributed by atoms with Crippen LogP contribution in [0, 0.1) is 11.3 Å². The number of rotatable bonds is 5. The summed E-state index contributed by atoms with van der Waals surface area (Å²) in [7, 11) is 0. The Morgan fingerprint density at radius 2 is 2.00 bits per heavy atom. The molecule has 0 fully saturated rings. The standard InChI is InChI=1S/C16H13ClN2O2/c17-14-6-4-12(5-7-14)10-21-11-16(20)19-15-3-1-2-13(8-15)9-18/h1-8H,10-11H2,(H,19,20). The zero-order chi connectivity index (χ0) is 15.1. The van der Waals surface area contributed by atoms with Gasteiger partial charge >= 0.3 is 0 Å². The summed E-state index contributed by atoms with van der Waals surface area (Å²) in [5.74, 6) is -0.265. The van der Waals surface area contributed by atoms with Crippen molar-refractivity contribution in [2.75, 3.05) is 11.9 Å². The third-order valence-electron chi connectivity index (χ3n) is 2.69. The van der Waals surface area contributed by atoms with E-state index in [0.29, 0.717) is 22.9 Å². The first-order chi connectivity index (χ1) is 10.2. The van der Waals surface area contributed by atoms with Gasteiger partial charge in [-0.25, -0.2) is 0 Å². The highest BCUT2D eigenvalue weighted by molar-refractivity contribution is 6.30. The lowest BCUT2D eigenvalue weighted by molar-refractivity contribution is -0.121. The lowest BCUT2D eigenvalue weighted by atomic mass is 10.2. The first kappa shape index (κ1) is 15.0. The minimum atomic E-state index is -0.265. The highest BCUT2D eigenvalue weighted by Gasteiger charge is 2.03. The van der Waals surface area contributed by atoms with E-state index in [0.717, 1.165) is 5.56 Å². The fourth-order valence-electron chi connectivity index (χ4n) is 1.71. The van der Waals surface area contributed by atoms with E-state index < -0.39 is 0 Å². The second-order valence-corrected chi connectivity index (χ2v) is 4.80. The summed E-state index contributed by atoms with van der Waals surface area (Å²) >= 11 is 5.78. The predicted molar refractivity (Wildman–Crippen MR) is 80.9 cm³/mol. The fraction of sp³-hybridized carbons (Fsp3) is 0.125. The van der Waals surface area contributed by atoms with E-state index in [-0.39, 0.29) is 12.5 Å². The number of nitriles is 1. The maximum atomic E-state index is 11.7. The van der Waals surface area contributed by atoms with Crippen LogP contribution in [0.15, 0.2) is 48.5 Å². The van der Waals surface area contributed by atoms with Gasteiger partial charge in [-0.1, -0.05) is 29.8 Å². The zero-order valence-corrected chi connectivity index (χ0v) is 11.9. The summed E-state index contributed by atoms with van der Waals surface area (Å²) < 4.78 is 5.33. The molecule has 5 heteroatoms. The molecule has 106 valence electrons. The molecule has 0 aliphatic heterocycles. The fourth-order valence-corrected chi connectivity index (χ4v) is 1.83. The summed E-state index contributed by atoms with van der Waals surface area (Å²) in [6.07, 6.45) is 0. The largest absolute Gasteiger partial charge is 0.367 e. The average Bonchev–Trinajstić information content (AvgIpc) is 2.49. The van der Waals surface area contributed by atoms with E-state index in [1.165, 1.54) is 0 Å². The van der Waals surface area contributed by atoms with Crippen LogP contribution in [-0.4, -0.2) is 12.5 Å². The average molecular weight is 301 g/mol. The van der Waals surface area contributed by atoms with Crippen molar-refractivity contribution in [1.82, 2.24) is 0 Å². The summed E-state index contributed by atoms with van der Waals surface area (Å²) in [6.45, 7) is 0.280. The van der Waals surface area contributed by atoms with Crippen molar-refractivity contribution in [2.45, 2.75) is 6.61 Å². The van der Waals surface area contributed by atoms with Crippen molar-refractivity contribution in [3.05, 3.63) is 64.7 Å². The summed E-state index contributed by atoms with van der Waals surface area (Å²) in [5, 5.41) is 12.1. The molecule has 1 amide bonds. The van der Waals surface area contributed by atoms with E-state index in [9.17, 15) is 4.79 Å². The zero-order valence-electron chi connectivity index (χ0n) is 11.2. The Morgan fingerprint density at radius 3 is 2.71 bits per heavy atom. The normalized spacial score (nSPS) is 9.90. The molecule has 0 bridgehead atoms. The van der Waals surface area contributed by atoms with Crippen LogP contribution in [0.25, 0.3) is 0 Å². The van der Waals surface area contributed by atoms with Crippen molar-refractivity contribution >= 4 is 23.2 Å². The van der Waals surface area contributed by atoms with Gasteiger partial charge in [0.05, 0.1) is 18.2 Å². The second kappa shape index (κ2) is 7.44. The lowest BCUT2D eigenvalue weighted by Gasteiger charge is -2.07. The maximum Gasteiger partial charge on any atom is 0.250 e. The molecule has 1 N–H and O–H groups in total. The summed E-state index contributed by atoms with van der Waals surface area (Å²) in [6, 6.07) is 16.0. The molecule has 0 atom stereocenters. The molecule has 0 aliphatic carbocycles. The molecule has 4 nitrogen and oxygen atoms in total. The van der Waals surface area contributed by atoms with Crippen LogP contribution in [0.3, 0.4) is 0 Å². The Bertz CT molecular complexity index is 663. The number of benzene rings is 2. The molecular weight excluding hydrogens is 288 g/mol. The number of carbonyl (C=O) groups is 1. The molecule has 21 heavy (non-hydrogen) atoms. The van der Waals surface area contributed by atoms with Crippen LogP contribution in [0.4, 0.5) is 5.69 Å². The van der Waals surface area contributed by atoms with Crippen LogP contribution in [0.2, 0.25) is 5.02 Å². The van der Waals surface area contributed by atoms with Gasteiger partial charge in [0.2, 0.25) is 5.91 Å². The Labute approximate surface area is 127 Å². The number of nitrogens with one attached hydrogen (secondary N) is 1. The number of anilines is 1. The van der Waals surface area contributed by atoms with Gasteiger partial charge < -0.3 is 10.1 Å². The first-order valence-corrected chi connectivity index (χ1v) is 6.67. The van der Waals surface area contributed by atoms with Crippen molar-refractivity contribution in [1.29, 1.82) is 5.26 Å². The number of hydrogen-bond donors (Lipinski definition) is 1. The van der Waals surface area contributed by atoms with E-state index in [1.807, 2.05) is 18.2 Å². The molecule has 0 spiro atoms. The van der Waals surface area contributed by atoms with Gasteiger partial charge in [0.15, 0.2) is 0 Å². The van der Waals surface area contributed by atoms with Crippen LogP contribution in [-0.2, 0) is 16.1 Å². The predicted octanol–water partition coefficient (Wildman–Crippen LogP) is 3.37. The van der Waals surface area contributed by atoms with Crippen LogP contribution in [0.5, 0.6) is 0 Å². The molecular formula is C16H13ClN2O2. The summed E-state index contributed by atoms with van der Waals surface area (Å²) in [5.41, 5.74) is 2.02. The third-order valence-corrected chi connectivity index (χ3v) is 2.94. The van der Waals surface area contributed by atoms with E-state index in [1.54, 1.807) is 36.4 Å². The Balaban J connectivity index is 1.79. The number of amides is 1. The molecule has 2 rings (SSSR count). The Morgan fingerprint density at radius 1 is 1.24 bits per heavy atom. The number of carbonyl (C=O) groups excluding carboxylic acids is 1. The molecule has 0 aromatic heterocycles. The third kappa shape index (κ3) is 4.92. The second-order valence-electron chi connectivity index (χ2n) is 4.36. The van der Waals surface area contributed by atoms with Crippen molar-refractivity contribution in [3.8, 4) is 6.07 Å². The van der Waals surface area contributed by atoms with Gasteiger partial charge in [0.25, 0.3) is 0 Å². The molecule has 0 saturated heterocycles. The van der Waals surface area contributed by atoms with Crippen LogP contribution < -0.4 is 5.32 Å². The SMILES string of the molecule is N#Cc1cccc(NC(=O)COCc2ccc(Cl)cc2)c1. The van der Waals surface area contributed by atoms with Gasteiger partial charge in [0.1, 0.15) is 6.61 Å². The monoisotopic (exact) mass is 300 g/mol. The Hall–Kier alpha value is -2.35. The van der Waals surface area contributed by atoms with Gasteiger partial charge in [-0.15, -0.1) is 0 Å². The number of nitrogens with zero attached hydrogens (tertiary/aromatic N) is 1. The molecule has 0 saturated carbocycles. The molecule has 0 aliphatic rings. The smallest absolute Gasteiger partial charge is 0.250 e. The van der Waals surface area contributed by atoms with Gasteiger partial charge in [-0.05, 0) is 35.9 Å². The molecule has 0 unspecified atom stereocenters. The lowest BCUT2D eigenvalue weighted by Crippen LogP contribution is -2.18. The minimum Gasteiger partial charge on any atom is -0.367 e. The number of hydrogen-bond acceptors (Lipinski definition) is 3. The molecule has 0 heterocycles. The maximum absolute atomic E-state index is 11.7. The van der Waals surface area contributed by atoms with Crippen molar-refractivity contribution in [3.63, 3.8) is 0 Å². The topological polar surface area (TPSA) is 62.1 Å². The highest BCUT2D eigenvalue weighted by Crippen LogP contribution is 2.11. The number of halogens is 1. The van der Waals surface area contributed by atoms with Crippen molar-refractivity contribution < 1.29 is 9.53 Å². The minimum absolute atomic E-state index is 0.0561. The number of ether oxygens (including phenoxy) is 1. The highest BCUT2D eigenvalue weighted by atomic mass is 35.5. The van der Waals surface area contributed by atoms with Crippen LogP contribution >= 0.6 is 11.6 Å². The van der Waals surface area contributed by atoms with E-state index in [4.69, 9.17) is 21.6 Å². The van der Waals surface area contributed by atoms with Gasteiger partial charge in [0, 0.05) is 10.7 Å². The van der Waals surface area contributed by atoms with Crippen LogP contribution in [0.1, 0.15) is 11.1 Å². The van der Waals surface area contributed by atoms with E-state index >= 15 is 0 Å². The van der Waals surface area contributed by atoms with E-state index in [2.05, 4.69) is 5.32 Å². The summed E-state index contributed by atoms with van der Waals surface area (Å²) in [4.78, 5) is 11.7. The molecule has 0 radical (unpaired) electrons. The molecule has 2 aromatic rings.